The van der Waals surface area contributed by atoms with Crippen molar-refractivity contribution in [3.63, 3.8) is 0 Å². The molecule has 2 unspecified atom stereocenters. The first kappa shape index (κ1) is 13.8. The van der Waals surface area contributed by atoms with Crippen LogP contribution in [0.2, 0.25) is 0 Å². The number of hydrogen-bond acceptors (Lipinski definition) is 2. The van der Waals surface area contributed by atoms with E-state index >= 15 is 0 Å². The zero-order valence-corrected chi connectivity index (χ0v) is 10.7. The number of nitrogens with one attached hydrogen (secondary N) is 1. The number of carboxylic acids is 1. The molecule has 19 heavy (non-hydrogen) atoms. The molecule has 0 radical (unpaired) electrons. The van der Waals surface area contributed by atoms with E-state index in [2.05, 4.69) is 12.2 Å². The van der Waals surface area contributed by atoms with E-state index in [0.29, 0.717) is 18.4 Å². The molecular formula is C14H17F2NO2. The smallest absolute Gasteiger partial charge is 0.338 e. The molecule has 1 aliphatic carbocycles. The fourth-order valence-corrected chi connectivity index (χ4v) is 2.62. The lowest BCUT2D eigenvalue weighted by Gasteiger charge is -2.17. The predicted octanol–water partition coefficient (Wildman–Crippen LogP) is 3.51. The van der Waals surface area contributed by atoms with Gasteiger partial charge in [-0.2, -0.15) is 0 Å². The molecule has 1 aliphatic rings. The number of hydrogen-bond donors (Lipinski definition) is 2. The first-order chi connectivity index (χ1) is 9.00. The fourth-order valence-electron chi connectivity index (χ4n) is 2.62. The molecule has 0 heterocycles. The second-order valence-electron chi connectivity index (χ2n) is 5.14. The number of carboxylic acid groups (broad SMARTS) is 1. The second-order valence-corrected chi connectivity index (χ2v) is 5.14. The van der Waals surface area contributed by atoms with Crippen molar-refractivity contribution in [3.05, 3.63) is 29.3 Å². The Kier molecular flexibility index (Phi) is 4.02. The number of benzene rings is 1. The highest BCUT2D eigenvalue weighted by atomic mass is 19.2. The molecule has 1 saturated carbocycles. The Morgan fingerprint density at radius 1 is 1.37 bits per heavy atom. The van der Waals surface area contributed by atoms with Crippen LogP contribution in [0.3, 0.4) is 0 Å². The van der Waals surface area contributed by atoms with Crippen molar-refractivity contribution >= 4 is 11.7 Å². The maximum Gasteiger partial charge on any atom is 0.338 e. The summed E-state index contributed by atoms with van der Waals surface area (Å²) in [4.78, 5) is 10.7. The monoisotopic (exact) mass is 269 g/mol. The number of anilines is 1. The molecule has 2 rings (SSSR count). The van der Waals surface area contributed by atoms with E-state index in [9.17, 15) is 13.6 Å². The van der Waals surface area contributed by atoms with E-state index in [1.165, 1.54) is 18.9 Å². The minimum absolute atomic E-state index is 0.0293. The van der Waals surface area contributed by atoms with E-state index in [0.717, 1.165) is 12.5 Å². The SMILES string of the molecule is CC1CCCC1CNc1ccc(C(=O)O)c(F)c1F. The highest BCUT2D eigenvalue weighted by Gasteiger charge is 2.24. The molecule has 0 saturated heterocycles. The van der Waals surface area contributed by atoms with Crippen molar-refractivity contribution in [2.75, 3.05) is 11.9 Å². The normalized spacial score (nSPS) is 22.5. The van der Waals surface area contributed by atoms with Crippen molar-refractivity contribution < 1.29 is 18.7 Å². The van der Waals surface area contributed by atoms with Crippen LogP contribution in [-0.4, -0.2) is 17.6 Å². The Hall–Kier alpha value is -1.65. The summed E-state index contributed by atoms with van der Waals surface area (Å²) in [6.45, 7) is 2.74. The van der Waals surface area contributed by atoms with Crippen LogP contribution in [0.15, 0.2) is 12.1 Å². The summed E-state index contributed by atoms with van der Waals surface area (Å²) in [6, 6.07) is 2.36. The largest absolute Gasteiger partial charge is 0.478 e. The topological polar surface area (TPSA) is 49.3 Å². The number of carbonyl (C=O) groups is 1. The first-order valence-corrected chi connectivity index (χ1v) is 6.46. The molecule has 104 valence electrons. The van der Waals surface area contributed by atoms with E-state index < -0.39 is 23.2 Å². The van der Waals surface area contributed by atoms with Gasteiger partial charge in [-0.25, -0.2) is 13.6 Å². The van der Waals surface area contributed by atoms with Crippen molar-refractivity contribution in [1.29, 1.82) is 0 Å². The van der Waals surface area contributed by atoms with Crippen LogP contribution in [0, 0.1) is 23.5 Å². The van der Waals surface area contributed by atoms with Gasteiger partial charge in [0.2, 0.25) is 0 Å². The quantitative estimate of drug-likeness (QED) is 0.879. The van der Waals surface area contributed by atoms with Crippen molar-refractivity contribution in [3.8, 4) is 0 Å². The summed E-state index contributed by atoms with van der Waals surface area (Å²) in [5.74, 6) is -2.85. The van der Waals surface area contributed by atoms with Gasteiger partial charge >= 0.3 is 5.97 Å². The van der Waals surface area contributed by atoms with Gasteiger partial charge in [0, 0.05) is 6.54 Å². The van der Waals surface area contributed by atoms with Crippen molar-refractivity contribution in [1.82, 2.24) is 0 Å². The van der Waals surface area contributed by atoms with E-state index in [1.54, 1.807) is 0 Å². The zero-order chi connectivity index (χ0) is 14.0. The van der Waals surface area contributed by atoms with Gasteiger partial charge in [-0.15, -0.1) is 0 Å². The average Bonchev–Trinajstić information content (AvgIpc) is 2.76. The maximum atomic E-state index is 13.7. The molecule has 0 bridgehead atoms. The minimum Gasteiger partial charge on any atom is -0.478 e. The summed E-state index contributed by atoms with van der Waals surface area (Å²) in [5, 5.41) is 11.6. The average molecular weight is 269 g/mol. The summed E-state index contributed by atoms with van der Waals surface area (Å²) in [6.07, 6.45) is 3.43. The molecule has 0 aromatic heterocycles. The zero-order valence-electron chi connectivity index (χ0n) is 10.7. The van der Waals surface area contributed by atoms with Crippen molar-refractivity contribution in [2.24, 2.45) is 11.8 Å². The Bertz CT molecular complexity index is 491. The molecule has 2 atom stereocenters. The molecule has 1 fully saturated rings. The fraction of sp³-hybridized carbons (Fsp3) is 0.500. The molecule has 5 heteroatoms. The van der Waals surface area contributed by atoms with Crippen LogP contribution in [0.25, 0.3) is 0 Å². The van der Waals surface area contributed by atoms with Gasteiger partial charge in [-0.3, -0.25) is 0 Å². The molecule has 2 N–H and O–H groups in total. The third-order valence-corrected chi connectivity index (χ3v) is 3.91. The van der Waals surface area contributed by atoms with Crippen LogP contribution in [0.5, 0.6) is 0 Å². The number of halogens is 2. The lowest BCUT2D eigenvalue weighted by molar-refractivity contribution is 0.0690. The molecule has 0 amide bonds. The Morgan fingerprint density at radius 2 is 2.11 bits per heavy atom. The second kappa shape index (κ2) is 5.55. The molecule has 0 spiro atoms. The number of aromatic carboxylic acids is 1. The summed E-state index contributed by atoms with van der Waals surface area (Å²) in [7, 11) is 0. The molecule has 1 aromatic rings. The van der Waals surface area contributed by atoms with Crippen LogP contribution in [0.4, 0.5) is 14.5 Å². The van der Waals surface area contributed by atoms with Crippen molar-refractivity contribution in [2.45, 2.75) is 26.2 Å². The third-order valence-electron chi connectivity index (χ3n) is 3.91. The predicted molar refractivity (Wildman–Crippen MR) is 68.3 cm³/mol. The van der Waals surface area contributed by atoms with Gasteiger partial charge in [0.05, 0.1) is 11.3 Å². The van der Waals surface area contributed by atoms with Crippen LogP contribution in [-0.2, 0) is 0 Å². The summed E-state index contributed by atoms with van der Waals surface area (Å²) >= 11 is 0. The Labute approximate surface area is 110 Å². The number of rotatable bonds is 4. The van der Waals surface area contributed by atoms with E-state index in [1.807, 2.05) is 0 Å². The summed E-state index contributed by atoms with van der Waals surface area (Å²) < 4.78 is 27.2. The van der Waals surface area contributed by atoms with Gasteiger partial charge in [-0.05, 0) is 30.4 Å². The van der Waals surface area contributed by atoms with Gasteiger partial charge in [0.25, 0.3) is 0 Å². The highest BCUT2D eigenvalue weighted by molar-refractivity contribution is 5.88. The van der Waals surface area contributed by atoms with Crippen LogP contribution < -0.4 is 5.32 Å². The lowest BCUT2D eigenvalue weighted by Crippen LogP contribution is -2.17. The minimum atomic E-state index is -1.47. The molecule has 3 nitrogen and oxygen atoms in total. The Balaban J connectivity index is 2.09. The summed E-state index contributed by atoms with van der Waals surface area (Å²) in [5.41, 5.74) is -0.612. The molecule has 1 aromatic carbocycles. The van der Waals surface area contributed by atoms with Crippen LogP contribution in [0.1, 0.15) is 36.5 Å². The maximum absolute atomic E-state index is 13.7. The van der Waals surface area contributed by atoms with Crippen LogP contribution >= 0.6 is 0 Å². The van der Waals surface area contributed by atoms with E-state index in [4.69, 9.17) is 5.11 Å². The van der Waals surface area contributed by atoms with Gasteiger partial charge in [-0.1, -0.05) is 19.8 Å². The van der Waals surface area contributed by atoms with Gasteiger partial charge < -0.3 is 10.4 Å². The highest BCUT2D eigenvalue weighted by Crippen LogP contribution is 2.31. The molecule has 0 aliphatic heterocycles. The lowest BCUT2D eigenvalue weighted by atomic mass is 9.98. The molecular weight excluding hydrogens is 252 g/mol. The van der Waals surface area contributed by atoms with Gasteiger partial charge in [0.15, 0.2) is 11.6 Å². The Morgan fingerprint density at radius 3 is 2.68 bits per heavy atom. The first-order valence-electron chi connectivity index (χ1n) is 6.46. The standard InChI is InChI=1S/C14H17F2NO2/c1-8-3-2-4-9(8)7-17-11-6-5-10(14(18)19)12(15)13(11)16/h5-6,8-9,17H,2-4,7H2,1H3,(H,18,19). The van der Waals surface area contributed by atoms with Gasteiger partial charge in [0.1, 0.15) is 0 Å². The van der Waals surface area contributed by atoms with E-state index in [-0.39, 0.29) is 5.69 Å². The third kappa shape index (κ3) is 2.85.